The molecule has 116 valence electrons. The molecule has 1 saturated heterocycles. The molecule has 0 radical (unpaired) electrons. The minimum absolute atomic E-state index is 0.0413. The van der Waals surface area contributed by atoms with Crippen LogP contribution in [0.5, 0.6) is 0 Å². The van der Waals surface area contributed by atoms with Crippen LogP contribution in [0.2, 0.25) is 5.02 Å². The van der Waals surface area contributed by atoms with E-state index in [0.717, 1.165) is 10.5 Å². The highest BCUT2D eigenvalue weighted by atomic mass is 35.5. The van der Waals surface area contributed by atoms with Gasteiger partial charge in [-0.25, -0.2) is 0 Å². The molecule has 21 heavy (non-hydrogen) atoms. The van der Waals surface area contributed by atoms with E-state index in [0.29, 0.717) is 10.6 Å². The average molecular weight is 322 g/mol. The number of benzene rings is 1. The Hall–Kier alpha value is -1.27. The van der Waals surface area contributed by atoms with Crippen molar-refractivity contribution in [2.45, 2.75) is 19.0 Å². The average Bonchev–Trinajstić information content (AvgIpc) is 2.73. The van der Waals surface area contributed by atoms with Gasteiger partial charge in [0.1, 0.15) is 0 Å². The molecular weight excluding hydrogens is 307 g/mol. The number of hydrogen-bond donors (Lipinski definition) is 1. The van der Waals surface area contributed by atoms with Gasteiger partial charge < -0.3 is 5.11 Å². The second-order valence-corrected chi connectivity index (χ2v) is 5.79. The normalized spacial score (nSPS) is 23.5. The van der Waals surface area contributed by atoms with Gasteiger partial charge in [0.25, 0.3) is 0 Å². The van der Waals surface area contributed by atoms with Crippen LogP contribution in [0.3, 0.4) is 0 Å². The van der Waals surface area contributed by atoms with Crippen molar-refractivity contribution in [3.8, 4) is 0 Å². The van der Waals surface area contributed by atoms with E-state index in [4.69, 9.17) is 11.6 Å². The van der Waals surface area contributed by atoms with Crippen LogP contribution in [0.15, 0.2) is 18.2 Å². The van der Waals surface area contributed by atoms with Crippen LogP contribution in [0.1, 0.15) is 17.0 Å². The second kappa shape index (κ2) is 5.85. The monoisotopic (exact) mass is 321 g/mol. The summed E-state index contributed by atoms with van der Waals surface area (Å²) in [4.78, 5) is 12.5. The fraction of sp³-hybridized carbons (Fsp3) is 0.500. The summed E-state index contributed by atoms with van der Waals surface area (Å²) in [5.74, 6) is -2.51. The maximum atomic E-state index is 12.5. The maximum Gasteiger partial charge on any atom is 0.401 e. The fourth-order valence-corrected chi connectivity index (χ4v) is 3.04. The van der Waals surface area contributed by atoms with Gasteiger partial charge in [0, 0.05) is 24.0 Å². The zero-order valence-electron chi connectivity index (χ0n) is 11.3. The maximum absolute atomic E-state index is 12.5. The van der Waals surface area contributed by atoms with Crippen LogP contribution in [0, 0.1) is 12.8 Å². The molecule has 0 aromatic heterocycles. The Morgan fingerprint density at radius 1 is 1.43 bits per heavy atom. The molecule has 7 heteroatoms. The third-order valence-corrected chi connectivity index (χ3v) is 4.01. The summed E-state index contributed by atoms with van der Waals surface area (Å²) in [6.07, 6.45) is -4.34. The van der Waals surface area contributed by atoms with Crippen molar-refractivity contribution in [3.63, 3.8) is 0 Å². The topological polar surface area (TPSA) is 40.5 Å². The van der Waals surface area contributed by atoms with Gasteiger partial charge in [-0.1, -0.05) is 29.3 Å². The lowest BCUT2D eigenvalue weighted by Crippen LogP contribution is -2.33. The molecule has 1 fully saturated rings. The highest BCUT2D eigenvalue weighted by Gasteiger charge is 2.43. The predicted molar refractivity (Wildman–Crippen MR) is 72.6 cm³/mol. The van der Waals surface area contributed by atoms with Crippen LogP contribution in [-0.4, -0.2) is 41.8 Å². The lowest BCUT2D eigenvalue weighted by atomic mass is 9.88. The molecule has 3 nitrogen and oxygen atoms in total. The van der Waals surface area contributed by atoms with Gasteiger partial charge in [-0.05, 0) is 18.6 Å². The van der Waals surface area contributed by atoms with Gasteiger partial charge in [-0.15, -0.1) is 0 Å². The standard InChI is InChI=1S/C14H15ClF3NO2/c1-8-2-3-12(15)9(4-8)10-5-19(7-14(16,17)18)6-11(10)13(20)21/h2-4,10-11H,5-7H2,1H3,(H,20,21). The van der Waals surface area contributed by atoms with Gasteiger partial charge in [-0.3, -0.25) is 9.69 Å². The molecule has 1 N–H and O–H groups in total. The first kappa shape index (κ1) is 16.1. The molecule has 0 aliphatic carbocycles. The molecular formula is C14H15ClF3NO2. The molecule has 0 spiro atoms. The summed E-state index contributed by atoms with van der Waals surface area (Å²) in [5.41, 5.74) is 1.50. The molecule has 2 atom stereocenters. The Bertz CT molecular complexity index is 548. The number of aryl methyl sites for hydroxylation is 1. The molecule has 1 aliphatic heterocycles. The summed E-state index contributed by atoms with van der Waals surface area (Å²) in [6.45, 7) is 0.651. The Labute approximate surface area is 125 Å². The van der Waals surface area contributed by atoms with Gasteiger partial charge in [0.2, 0.25) is 0 Å². The number of carbonyl (C=O) groups is 1. The lowest BCUT2D eigenvalue weighted by Gasteiger charge is -2.18. The number of alkyl halides is 3. The number of rotatable bonds is 3. The summed E-state index contributed by atoms with van der Waals surface area (Å²) in [6, 6.07) is 5.18. The summed E-state index contributed by atoms with van der Waals surface area (Å²) < 4.78 is 37.5. The number of aliphatic carboxylic acids is 1. The van der Waals surface area contributed by atoms with E-state index in [1.807, 2.05) is 6.92 Å². The van der Waals surface area contributed by atoms with E-state index in [9.17, 15) is 23.1 Å². The van der Waals surface area contributed by atoms with Crippen LogP contribution >= 0.6 is 11.6 Å². The minimum Gasteiger partial charge on any atom is -0.481 e. The van der Waals surface area contributed by atoms with E-state index in [2.05, 4.69) is 0 Å². The summed E-state index contributed by atoms with van der Waals surface area (Å²) in [7, 11) is 0. The molecule has 1 aromatic rings. The molecule has 1 heterocycles. The van der Waals surface area contributed by atoms with Crippen molar-refractivity contribution in [3.05, 3.63) is 34.3 Å². The molecule has 2 unspecified atom stereocenters. The van der Waals surface area contributed by atoms with Crippen LogP contribution in [-0.2, 0) is 4.79 Å². The Morgan fingerprint density at radius 3 is 2.67 bits per heavy atom. The molecule has 0 amide bonds. The second-order valence-electron chi connectivity index (χ2n) is 5.39. The van der Waals surface area contributed by atoms with Crippen molar-refractivity contribution in [1.29, 1.82) is 0 Å². The van der Waals surface area contributed by atoms with E-state index in [1.165, 1.54) is 0 Å². The molecule has 2 rings (SSSR count). The third-order valence-electron chi connectivity index (χ3n) is 3.67. The van der Waals surface area contributed by atoms with Gasteiger partial charge in [0.15, 0.2) is 0 Å². The first-order valence-electron chi connectivity index (χ1n) is 6.45. The van der Waals surface area contributed by atoms with Crippen LogP contribution in [0.25, 0.3) is 0 Å². The van der Waals surface area contributed by atoms with Gasteiger partial charge in [-0.2, -0.15) is 13.2 Å². The van der Waals surface area contributed by atoms with E-state index >= 15 is 0 Å². The van der Waals surface area contributed by atoms with E-state index in [-0.39, 0.29) is 13.1 Å². The van der Waals surface area contributed by atoms with Crippen LogP contribution in [0.4, 0.5) is 13.2 Å². The smallest absolute Gasteiger partial charge is 0.401 e. The lowest BCUT2D eigenvalue weighted by molar-refractivity contribution is -0.147. The van der Waals surface area contributed by atoms with Crippen molar-refractivity contribution in [1.82, 2.24) is 4.90 Å². The molecule has 0 bridgehead atoms. The van der Waals surface area contributed by atoms with Crippen molar-refractivity contribution >= 4 is 17.6 Å². The SMILES string of the molecule is Cc1ccc(Cl)c(C2CN(CC(F)(F)F)CC2C(=O)O)c1. The number of carboxylic acid groups (broad SMARTS) is 1. The summed E-state index contributed by atoms with van der Waals surface area (Å²) >= 11 is 6.09. The van der Waals surface area contributed by atoms with Crippen molar-refractivity contribution in [2.24, 2.45) is 5.92 Å². The first-order valence-corrected chi connectivity index (χ1v) is 6.83. The quantitative estimate of drug-likeness (QED) is 0.928. The van der Waals surface area contributed by atoms with Crippen LogP contribution < -0.4 is 0 Å². The number of carboxylic acids is 1. The third kappa shape index (κ3) is 3.89. The van der Waals surface area contributed by atoms with Gasteiger partial charge in [0.05, 0.1) is 12.5 Å². The Kier molecular flexibility index (Phi) is 4.49. The predicted octanol–water partition coefficient (Wildman–Crippen LogP) is 3.31. The van der Waals surface area contributed by atoms with Gasteiger partial charge >= 0.3 is 12.1 Å². The highest BCUT2D eigenvalue weighted by Crippen LogP contribution is 2.38. The van der Waals surface area contributed by atoms with Crippen molar-refractivity contribution in [2.75, 3.05) is 19.6 Å². The first-order chi connectivity index (χ1) is 9.67. The number of hydrogen-bond acceptors (Lipinski definition) is 2. The van der Waals surface area contributed by atoms with E-state index < -0.39 is 30.5 Å². The molecule has 1 aliphatic rings. The molecule has 0 saturated carbocycles. The number of halogens is 4. The Morgan fingerprint density at radius 2 is 2.10 bits per heavy atom. The highest BCUT2D eigenvalue weighted by molar-refractivity contribution is 6.31. The zero-order valence-corrected chi connectivity index (χ0v) is 12.1. The fourth-order valence-electron chi connectivity index (χ4n) is 2.78. The number of nitrogens with zero attached hydrogens (tertiary/aromatic N) is 1. The zero-order chi connectivity index (χ0) is 15.8. The minimum atomic E-state index is -4.34. The van der Waals surface area contributed by atoms with E-state index in [1.54, 1.807) is 18.2 Å². The Balaban J connectivity index is 2.28. The molecule has 1 aromatic carbocycles. The van der Waals surface area contributed by atoms with Crippen molar-refractivity contribution < 1.29 is 23.1 Å². The summed E-state index contributed by atoms with van der Waals surface area (Å²) in [5, 5.41) is 9.66. The largest absolute Gasteiger partial charge is 0.481 e. The number of likely N-dealkylation sites (tertiary alicyclic amines) is 1.